The first-order valence-electron chi connectivity index (χ1n) is 12.5. The highest BCUT2D eigenvalue weighted by Gasteiger charge is 2.34. The smallest absolute Gasteiger partial charge is 0.128 e. The van der Waals surface area contributed by atoms with Gasteiger partial charge in [-0.2, -0.15) is 0 Å². The van der Waals surface area contributed by atoms with E-state index in [0.717, 1.165) is 24.3 Å². The van der Waals surface area contributed by atoms with E-state index in [9.17, 15) is 0 Å². The second-order valence-electron chi connectivity index (χ2n) is 7.09. The maximum Gasteiger partial charge on any atom is 0.200 e. The molecule has 0 N–H and O–H groups in total. The van der Waals surface area contributed by atoms with Crippen molar-refractivity contribution in [1.29, 1.82) is 0 Å². The van der Waals surface area contributed by atoms with Gasteiger partial charge in [0.15, 0.2) is 12.7 Å². The molecular weight excluding hydrogens is 364 g/mol. The van der Waals surface area contributed by atoms with Crippen molar-refractivity contribution in [3.05, 3.63) is 48.3 Å². The first-order valence-corrected chi connectivity index (χ1v) is 12.5. The molecule has 0 saturated heterocycles. The largest absolute Gasteiger partial charge is 0.200 e. The van der Waals surface area contributed by atoms with E-state index in [0.29, 0.717) is 0 Å². The normalized spacial score (nSPS) is 20.8. The van der Waals surface area contributed by atoms with E-state index < -0.39 is 0 Å². The number of nitrogens with zero attached hydrogens (tertiary/aromatic N) is 2. The molecule has 2 unspecified atom stereocenters. The minimum absolute atomic E-state index is 0. The summed E-state index contributed by atoms with van der Waals surface area (Å²) in [6.07, 6.45) is 11.9. The van der Waals surface area contributed by atoms with Crippen LogP contribution in [0.25, 0.3) is 5.69 Å². The number of aromatic nitrogens is 2. The number of para-hydroxylation sites is 1. The highest BCUT2D eigenvalue weighted by atomic mass is 15.4. The molecule has 2 fully saturated rings. The monoisotopic (exact) mass is 417 g/mol. The van der Waals surface area contributed by atoms with Gasteiger partial charge in [0.2, 0.25) is 0 Å². The third-order valence-corrected chi connectivity index (χ3v) is 5.56. The third kappa shape index (κ3) is 8.28. The predicted octanol–water partition coefficient (Wildman–Crippen LogP) is 8.70. The quantitative estimate of drug-likeness (QED) is 0.323. The van der Waals surface area contributed by atoms with Crippen LogP contribution in [0.3, 0.4) is 0 Å². The molecule has 2 atom stereocenters. The number of hydrogen-bond donors (Lipinski definition) is 0. The molecule has 0 spiro atoms. The Kier molecular flexibility index (Phi) is 18.6. The van der Waals surface area contributed by atoms with Gasteiger partial charge in [0, 0.05) is 11.6 Å². The van der Waals surface area contributed by atoms with Crippen molar-refractivity contribution in [1.82, 2.24) is 4.68 Å². The molecule has 174 valence electrons. The van der Waals surface area contributed by atoms with Crippen molar-refractivity contribution in [3.63, 3.8) is 0 Å². The van der Waals surface area contributed by atoms with Gasteiger partial charge in [-0.25, -0.2) is 0 Å². The molecule has 1 aromatic heterocycles. The predicted molar refractivity (Wildman–Crippen MR) is 136 cm³/mol. The summed E-state index contributed by atoms with van der Waals surface area (Å²) in [6.45, 7) is 19.4. The number of hydrogen-bond acceptors (Lipinski definition) is 0. The van der Waals surface area contributed by atoms with Crippen LogP contribution in [0, 0.1) is 17.8 Å². The van der Waals surface area contributed by atoms with E-state index in [1.54, 1.807) is 25.7 Å². The second-order valence-corrected chi connectivity index (χ2v) is 7.09. The third-order valence-electron chi connectivity index (χ3n) is 5.56. The zero-order valence-corrected chi connectivity index (χ0v) is 20.9. The second kappa shape index (κ2) is 18.2. The van der Waals surface area contributed by atoms with Gasteiger partial charge in [0.1, 0.15) is 5.69 Å². The molecule has 30 heavy (non-hydrogen) atoms. The van der Waals surface area contributed by atoms with Crippen molar-refractivity contribution < 1.29 is 4.68 Å². The molecule has 0 radical (unpaired) electrons. The van der Waals surface area contributed by atoms with Crippen LogP contribution in [0.2, 0.25) is 0 Å². The summed E-state index contributed by atoms with van der Waals surface area (Å²) < 4.78 is 4.38. The standard InChI is InChI=1S/C10H9N2.C9H16.4C2H6.CH4/c1-2-5-10-9(4-1)8-11-6-3-7-12(10)11;1-7-5-8-3-2-4-9(8)6-7;4*1-2;/h1-7H,8H2;7-9H,2-6H2,1H3;4*1-2H3;1H4/q+1;;;;;;. The summed E-state index contributed by atoms with van der Waals surface area (Å²) >= 11 is 0. The highest BCUT2D eigenvalue weighted by molar-refractivity contribution is 5.40. The van der Waals surface area contributed by atoms with Gasteiger partial charge in [-0.1, -0.05) is 107 Å². The fourth-order valence-electron chi connectivity index (χ4n) is 4.63. The lowest BCUT2D eigenvalue weighted by Crippen LogP contribution is -2.36. The lowest BCUT2D eigenvalue weighted by molar-refractivity contribution is -0.751. The summed E-state index contributed by atoms with van der Waals surface area (Å²) in [7, 11) is 0. The zero-order valence-electron chi connectivity index (χ0n) is 20.9. The summed E-state index contributed by atoms with van der Waals surface area (Å²) in [4.78, 5) is 0. The first-order chi connectivity index (χ1) is 14.3. The molecule has 5 rings (SSSR count). The number of benzene rings is 1. The minimum atomic E-state index is 0. The van der Waals surface area contributed by atoms with E-state index in [4.69, 9.17) is 0 Å². The lowest BCUT2D eigenvalue weighted by Gasteiger charge is -2.04. The topological polar surface area (TPSA) is 8.81 Å². The molecule has 2 nitrogen and oxygen atoms in total. The minimum Gasteiger partial charge on any atom is -0.128 e. The van der Waals surface area contributed by atoms with Crippen molar-refractivity contribution in [2.75, 3.05) is 0 Å². The fraction of sp³-hybridized carbons (Fsp3) is 0.679. The van der Waals surface area contributed by atoms with Crippen LogP contribution in [-0.4, -0.2) is 4.68 Å². The van der Waals surface area contributed by atoms with E-state index in [-0.39, 0.29) is 7.43 Å². The van der Waals surface area contributed by atoms with Crippen molar-refractivity contribution >= 4 is 0 Å². The van der Waals surface area contributed by atoms with Crippen LogP contribution in [0.15, 0.2) is 42.7 Å². The molecule has 3 aliphatic rings. The van der Waals surface area contributed by atoms with Crippen molar-refractivity contribution in [2.24, 2.45) is 17.8 Å². The van der Waals surface area contributed by atoms with E-state index in [1.807, 2.05) is 55.4 Å². The maximum atomic E-state index is 2.42. The molecule has 1 aliphatic heterocycles. The van der Waals surface area contributed by atoms with E-state index in [2.05, 4.69) is 59.0 Å². The Morgan fingerprint density at radius 1 is 0.800 bits per heavy atom. The van der Waals surface area contributed by atoms with Crippen LogP contribution in [0.5, 0.6) is 0 Å². The Hall–Kier alpha value is -1.57. The summed E-state index contributed by atoms with van der Waals surface area (Å²) in [5, 5.41) is 0. The van der Waals surface area contributed by atoms with Crippen LogP contribution in [-0.2, 0) is 6.54 Å². The Morgan fingerprint density at radius 3 is 1.90 bits per heavy atom. The summed E-state index contributed by atoms with van der Waals surface area (Å²) in [5.74, 6) is 3.36. The molecule has 2 aromatic rings. The lowest BCUT2D eigenvalue weighted by atomic mass is 10.0. The number of rotatable bonds is 0. The van der Waals surface area contributed by atoms with Crippen LogP contribution in [0.4, 0.5) is 0 Å². The summed E-state index contributed by atoms with van der Waals surface area (Å²) in [6, 6.07) is 10.6. The fourth-order valence-corrected chi connectivity index (χ4v) is 4.63. The summed E-state index contributed by atoms with van der Waals surface area (Å²) in [5.41, 5.74) is 2.71. The molecule has 1 aromatic carbocycles. The Morgan fingerprint density at radius 2 is 1.33 bits per heavy atom. The maximum absolute atomic E-state index is 2.42. The molecular formula is C28H53N2+. The van der Waals surface area contributed by atoms with Crippen molar-refractivity contribution in [2.45, 2.75) is 108 Å². The SMILES string of the molecule is C.CC.CC.CC.CC.CC1CC2CCCC2C1.c1ccc2c(c1)C[n+]1cccn1-2. The van der Waals surface area contributed by atoms with E-state index >= 15 is 0 Å². The first kappa shape index (κ1) is 30.6. The Bertz CT molecular complexity index is 617. The zero-order chi connectivity index (χ0) is 22.2. The van der Waals surface area contributed by atoms with Crippen LogP contribution >= 0.6 is 0 Å². The molecule has 0 bridgehead atoms. The average molecular weight is 418 g/mol. The van der Waals surface area contributed by atoms with Crippen molar-refractivity contribution in [3.8, 4) is 5.69 Å². The van der Waals surface area contributed by atoms with Gasteiger partial charge >= 0.3 is 0 Å². The number of fused-ring (bicyclic) bond motifs is 4. The average Bonchev–Trinajstić information content (AvgIpc) is 3.55. The van der Waals surface area contributed by atoms with E-state index in [1.165, 1.54) is 17.7 Å². The van der Waals surface area contributed by atoms with Gasteiger partial charge in [-0.3, -0.25) is 0 Å². The molecule has 2 heterocycles. The molecule has 2 aliphatic carbocycles. The molecule has 2 heteroatoms. The Labute approximate surface area is 189 Å². The Balaban J connectivity index is 0. The van der Waals surface area contributed by atoms with Gasteiger partial charge in [-0.05, 0) is 36.7 Å². The molecule has 2 saturated carbocycles. The van der Waals surface area contributed by atoms with Crippen LogP contribution in [0.1, 0.15) is 107 Å². The van der Waals surface area contributed by atoms with Gasteiger partial charge < -0.3 is 0 Å². The van der Waals surface area contributed by atoms with Gasteiger partial charge in [0.05, 0.1) is 6.20 Å². The van der Waals surface area contributed by atoms with Gasteiger partial charge in [0.25, 0.3) is 0 Å². The van der Waals surface area contributed by atoms with Crippen LogP contribution < -0.4 is 4.68 Å². The molecule has 0 amide bonds. The highest BCUT2D eigenvalue weighted by Crippen LogP contribution is 2.46. The van der Waals surface area contributed by atoms with Gasteiger partial charge in [-0.15, -0.1) is 9.36 Å².